The Hall–Kier alpha value is -0.970. The number of rotatable bonds is 3. The minimum Gasteiger partial charge on any atom is -0.461 e. The lowest BCUT2D eigenvalue weighted by atomic mass is 10.5. The molecule has 12 heavy (non-hydrogen) atoms. The van der Waals surface area contributed by atoms with E-state index in [2.05, 4.69) is 4.98 Å². The Morgan fingerprint density at radius 3 is 3.08 bits per heavy atom. The van der Waals surface area contributed by atoms with Crippen molar-refractivity contribution in [3.8, 4) is 0 Å². The highest BCUT2D eigenvalue weighted by Gasteiger charge is 2.11. The zero-order chi connectivity index (χ0) is 8.97. The van der Waals surface area contributed by atoms with Crippen molar-refractivity contribution in [2.24, 2.45) is 0 Å². The topological polar surface area (TPSA) is 52.3 Å². The SMILES string of the molecule is CCOC(=O)c1coc(SC)n1. The predicted molar refractivity (Wildman–Crippen MR) is 44.2 cm³/mol. The van der Waals surface area contributed by atoms with Crippen LogP contribution in [-0.4, -0.2) is 23.8 Å². The third-order valence-electron chi connectivity index (χ3n) is 1.14. The summed E-state index contributed by atoms with van der Waals surface area (Å²) in [6.45, 7) is 2.09. The van der Waals surface area contributed by atoms with Crippen LogP contribution >= 0.6 is 11.8 Å². The van der Waals surface area contributed by atoms with E-state index < -0.39 is 5.97 Å². The molecule has 0 aromatic carbocycles. The summed E-state index contributed by atoms with van der Waals surface area (Å²) in [4.78, 5) is 14.9. The van der Waals surface area contributed by atoms with E-state index in [0.717, 1.165) is 0 Å². The standard InChI is InChI=1S/C7H9NO3S/c1-3-10-6(9)5-4-11-7(8-5)12-2/h4H,3H2,1-2H3. The molecule has 0 saturated heterocycles. The van der Waals surface area contributed by atoms with Crippen LogP contribution in [0.5, 0.6) is 0 Å². The zero-order valence-electron chi connectivity index (χ0n) is 6.86. The molecule has 0 aliphatic carbocycles. The average molecular weight is 187 g/mol. The van der Waals surface area contributed by atoms with Crippen molar-refractivity contribution in [2.45, 2.75) is 12.1 Å². The first-order chi connectivity index (χ1) is 5.77. The lowest BCUT2D eigenvalue weighted by Gasteiger charge is -1.94. The fourth-order valence-electron chi connectivity index (χ4n) is 0.650. The summed E-state index contributed by atoms with van der Waals surface area (Å²) in [5.41, 5.74) is 0.223. The predicted octanol–water partition coefficient (Wildman–Crippen LogP) is 1.57. The van der Waals surface area contributed by atoms with E-state index in [-0.39, 0.29) is 5.69 Å². The van der Waals surface area contributed by atoms with Gasteiger partial charge in [0.05, 0.1) is 6.61 Å². The lowest BCUT2D eigenvalue weighted by Crippen LogP contribution is -2.04. The van der Waals surface area contributed by atoms with Crippen molar-refractivity contribution in [1.29, 1.82) is 0 Å². The zero-order valence-corrected chi connectivity index (χ0v) is 7.68. The van der Waals surface area contributed by atoms with Crippen molar-refractivity contribution in [1.82, 2.24) is 4.98 Å². The largest absolute Gasteiger partial charge is 0.461 e. The fourth-order valence-corrected chi connectivity index (χ4v) is 0.984. The molecule has 0 unspecified atom stereocenters. The maximum atomic E-state index is 11.0. The summed E-state index contributed by atoms with van der Waals surface area (Å²) in [6, 6.07) is 0. The number of carbonyl (C=O) groups is 1. The number of hydrogen-bond donors (Lipinski definition) is 0. The van der Waals surface area contributed by atoms with Gasteiger partial charge in [-0.3, -0.25) is 0 Å². The molecule has 1 rings (SSSR count). The monoisotopic (exact) mass is 187 g/mol. The van der Waals surface area contributed by atoms with Crippen LogP contribution in [0.2, 0.25) is 0 Å². The Labute approximate surface area is 74.3 Å². The van der Waals surface area contributed by atoms with Crippen LogP contribution in [0.3, 0.4) is 0 Å². The molecule has 0 radical (unpaired) electrons. The molecular weight excluding hydrogens is 178 g/mol. The Morgan fingerprint density at radius 1 is 1.83 bits per heavy atom. The molecule has 0 spiro atoms. The van der Waals surface area contributed by atoms with E-state index in [1.807, 2.05) is 6.26 Å². The molecule has 1 aromatic rings. The number of nitrogens with zero attached hydrogens (tertiary/aromatic N) is 1. The highest BCUT2D eigenvalue weighted by molar-refractivity contribution is 7.98. The normalized spacial score (nSPS) is 9.83. The molecule has 0 bridgehead atoms. The maximum absolute atomic E-state index is 11.0. The van der Waals surface area contributed by atoms with Gasteiger partial charge in [0.25, 0.3) is 5.22 Å². The van der Waals surface area contributed by atoms with Crippen molar-refractivity contribution in [3.05, 3.63) is 12.0 Å². The second-order valence-corrected chi connectivity index (χ2v) is 2.68. The smallest absolute Gasteiger partial charge is 0.360 e. The van der Waals surface area contributed by atoms with Crippen LogP contribution in [0.1, 0.15) is 17.4 Å². The second-order valence-electron chi connectivity index (χ2n) is 1.92. The van der Waals surface area contributed by atoms with E-state index >= 15 is 0 Å². The summed E-state index contributed by atoms with van der Waals surface area (Å²) in [6.07, 6.45) is 3.12. The van der Waals surface area contributed by atoms with Gasteiger partial charge in [-0.1, -0.05) is 11.8 Å². The molecule has 0 aliphatic heterocycles. The third-order valence-corrected chi connectivity index (χ3v) is 1.68. The van der Waals surface area contributed by atoms with Crippen molar-refractivity contribution >= 4 is 17.7 Å². The van der Waals surface area contributed by atoms with E-state index in [1.165, 1.54) is 18.0 Å². The molecule has 0 N–H and O–H groups in total. The molecule has 1 heterocycles. The number of oxazole rings is 1. The highest BCUT2D eigenvalue weighted by Crippen LogP contribution is 2.13. The van der Waals surface area contributed by atoms with Crippen LogP contribution in [-0.2, 0) is 4.74 Å². The van der Waals surface area contributed by atoms with E-state index in [0.29, 0.717) is 11.8 Å². The van der Waals surface area contributed by atoms with Gasteiger partial charge in [-0.15, -0.1) is 0 Å². The van der Waals surface area contributed by atoms with Crippen molar-refractivity contribution in [3.63, 3.8) is 0 Å². The van der Waals surface area contributed by atoms with Crippen LogP contribution in [0, 0.1) is 0 Å². The average Bonchev–Trinajstić information content (AvgIpc) is 2.52. The van der Waals surface area contributed by atoms with Gasteiger partial charge in [0, 0.05) is 0 Å². The van der Waals surface area contributed by atoms with Gasteiger partial charge < -0.3 is 9.15 Å². The number of hydrogen-bond acceptors (Lipinski definition) is 5. The summed E-state index contributed by atoms with van der Waals surface area (Å²) in [5.74, 6) is -0.443. The Morgan fingerprint density at radius 2 is 2.58 bits per heavy atom. The molecule has 0 atom stereocenters. The van der Waals surface area contributed by atoms with Gasteiger partial charge in [-0.25, -0.2) is 4.79 Å². The van der Waals surface area contributed by atoms with Crippen LogP contribution in [0.25, 0.3) is 0 Å². The number of thioether (sulfide) groups is 1. The van der Waals surface area contributed by atoms with Crippen LogP contribution in [0.15, 0.2) is 15.9 Å². The van der Waals surface area contributed by atoms with Gasteiger partial charge in [0.1, 0.15) is 6.26 Å². The van der Waals surface area contributed by atoms with E-state index in [9.17, 15) is 4.79 Å². The minimum absolute atomic E-state index is 0.223. The Kier molecular flexibility index (Phi) is 3.16. The molecule has 66 valence electrons. The molecule has 0 saturated carbocycles. The molecule has 4 nitrogen and oxygen atoms in total. The second kappa shape index (κ2) is 4.15. The first kappa shape index (κ1) is 9.12. The van der Waals surface area contributed by atoms with E-state index in [1.54, 1.807) is 6.92 Å². The quantitative estimate of drug-likeness (QED) is 0.531. The minimum atomic E-state index is -0.443. The fraction of sp³-hybridized carbons (Fsp3) is 0.429. The van der Waals surface area contributed by atoms with Crippen LogP contribution < -0.4 is 0 Å². The van der Waals surface area contributed by atoms with Gasteiger partial charge in [0.2, 0.25) is 0 Å². The first-order valence-electron chi connectivity index (χ1n) is 3.44. The number of ether oxygens (including phenoxy) is 1. The summed E-state index contributed by atoms with van der Waals surface area (Å²) < 4.78 is 9.65. The van der Waals surface area contributed by atoms with Crippen molar-refractivity contribution in [2.75, 3.05) is 12.9 Å². The molecular formula is C7H9NO3S. The Balaban J connectivity index is 2.68. The van der Waals surface area contributed by atoms with Crippen LogP contribution in [0.4, 0.5) is 0 Å². The van der Waals surface area contributed by atoms with Gasteiger partial charge in [-0.2, -0.15) is 4.98 Å². The highest BCUT2D eigenvalue weighted by atomic mass is 32.2. The van der Waals surface area contributed by atoms with Gasteiger partial charge in [0.15, 0.2) is 5.69 Å². The Bertz CT molecular complexity index is 271. The van der Waals surface area contributed by atoms with Crippen molar-refractivity contribution < 1.29 is 13.9 Å². The molecule has 0 aliphatic rings. The van der Waals surface area contributed by atoms with Gasteiger partial charge in [-0.05, 0) is 13.2 Å². The number of carbonyl (C=O) groups excluding carboxylic acids is 1. The maximum Gasteiger partial charge on any atom is 0.360 e. The number of aromatic nitrogens is 1. The molecule has 0 fully saturated rings. The summed E-state index contributed by atoms with van der Waals surface area (Å²) >= 11 is 1.34. The lowest BCUT2D eigenvalue weighted by molar-refractivity contribution is 0.0519. The molecule has 1 aromatic heterocycles. The summed E-state index contributed by atoms with van der Waals surface area (Å²) in [5, 5.41) is 0.470. The number of esters is 1. The molecule has 0 amide bonds. The van der Waals surface area contributed by atoms with E-state index in [4.69, 9.17) is 9.15 Å². The third kappa shape index (κ3) is 2.01. The van der Waals surface area contributed by atoms with Gasteiger partial charge >= 0.3 is 5.97 Å². The molecule has 5 heteroatoms. The summed E-state index contributed by atoms with van der Waals surface area (Å²) in [7, 11) is 0. The first-order valence-corrected chi connectivity index (χ1v) is 4.67.